The molecule has 7 heteroatoms. The molecule has 1 atom stereocenters. The van der Waals surface area contributed by atoms with Crippen LogP contribution in [0.2, 0.25) is 0 Å². The van der Waals surface area contributed by atoms with Gasteiger partial charge in [0, 0.05) is 38.1 Å². The molecule has 144 valence electrons. The zero-order valence-electron chi connectivity index (χ0n) is 15.5. The molecule has 2 aliphatic rings. The lowest BCUT2D eigenvalue weighted by Gasteiger charge is -2.25. The lowest BCUT2D eigenvalue weighted by atomic mass is 10.1. The van der Waals surface area contributed by atoms with Crippen molar-refractivity contribution in [2.45, 2.75) is 50.5 Å². The zero-order chi connectivity index (χ0) is 18.7. The van der Waals surface area contributed by atoms with Crippen molar-refractivity contribution in [2.24, 2.45) is 5.92 Å². The highest BCUT2D eigenvalue weighted by Crippen LogP contribution is 2.29. The van der Waals surface area contributed by atoms with Gasteiger partial charge in [0.05, 0.1) is 11.5 Å². The first-order valence-electron chi connectivity index (χ1n) is 9.31. The molecule has 1 amide bonds. The van der Waals surface area contributed by atoms with Crippen molar-refractivity contribution < 1.29 is 17.9 Å². The minimum absolute atomic E-state index is 0.0298. The SMILES string of the molecule is Cc1ccc(S(=O)(=O)NCCC(=O)N(CC2CCOC2)C2CC2)cc1C. The second kappa shape index (κ2) is 8.06. The molecule has 0 aromatic heterocycles. The number of nitrogens with one attached hydrogen (secondary N) is 1. The summed E-state index contributed by atoms with van der Waals surface area (Å²) in [4.78, 5) is 14.8. The molecule has 1 heterocycles. The van der Waals surface area contributed by atoms with Crippen molar-refractivity contribution in [3.63, 3.8) is 0 Å². The molecule has 2 fully saturated rings. The van der Waals surface area contributed by atoms with Crippen LogP contribution in [-0.2, 0) is 19.6 Å². The van der Waals surface area contributed by atoms with Gasteiger partial charge in [-0.3, -0.25) is 4.79 Å². The molecule has 1 N–H and O–H groups in total. The van der Waals surface area contributed by atoms with E-state index in [4.69, 9.17) is 4.74 Å². The molecule has 3 rings (SSSR count). The number of amides is 1. The fourth-order valence-corrected chi connectivity index (χ4v) is 4.36. The summed E-state index contributed by atoms with van der Waals surface area (Å²) in [6.07, 6.45) is 3.28. The molecular weight excluding hydrogens is 352 g/mol. The molecule has 1 aromatic rings. The molecule has 0 radical (unpaired) electrons. The zero-order valence-corrected chi connectivity index (χ0v) is 16.3. The second-order valence-corrected chi connectivity index (χ2v) is 9.17. The molecule has 1 aliphatic heterocycles. The van der Waals surface area contributed by atoms with Gasteiger partial charge in [0.1, 0.15) is 0 Å². The Hall–Kier alpha value is -1.44. The minimum Gasteiger partial charge on any atom is -0.381 e. The van der Waals surface area contributed by atoms with Crippen LogP contribution >= 0.6 is 0 Å². The van der Waals surface area contributed by atoms with Crippen LogP contribution in [0.25, 0.3) is 0 Å². The van der Waals surface area contributed by atoms with E-state index in [2.05, 4.69) is 4.72 Å². The quantitative estimate of drug-likeness (QED) is 0.748. The van der Waals surface area contributed by atoms with Crippen molar-refractivity contribution in [3.05, 3.63) is 29.3 Å². The molecule has 26 heavy (non-hydrogen) atoms. The van der Waals surface area contributed by atoms with Gasteiger partial charge in [-0.2, -0.15) is 0 Å². The molecule has 0 spiro atoms. The first kappa shape index (κ1) is 19.3. The third-order valence-electron chi connectivity index (χ3n) is 5.21. The third-order valence-corrected chi connectivity index (χ3v) is 6.67. The molecule has 1 unspecified atom stereocenters. The maximum absolute atomic E-state index is 12.6. The number of nitrogens with zero attached hydrogens (tertiary/aromatic N) is 1. The highest BCUT2D eigenvalue weighted by Gasteiger charge is 2.34. The Labute approximate surface area is 156 Å². The topological polar surface area (TPSA) is 75.7 Å². The van der Waals surface area contributed by atoms with Crippen LogP contribution in [0.1, 0.15) is 36.8 Å². The number of carbonyl (C=O) groups excluding carboxylic acids is 1. The number of hydrogen-bond acceptors (Lipinski definition) is 4. The summed E-state index contributed by atoms with van der Waals surface area (Å²) >= 11 is 0. The maximum atomic E-state index is 12.6. The van der Waals surface area contributed by atoms with Crippen molar-refractivity contribution in [1.82, 2.24) is 9.62 Å². The Kier molecular flexibility index (Phi) is 5.99. The van der Waals surface area contributed by atoms with Gasteiger partial charge in [0.25, 0.3) is 0 Å². The van der Waals surface area contributed by atoms with Crippen LogP contribution in [0.4, 0.5) is 0 Å². The summed E-state index contributed by atoms with van der Waals surface area (Å²) in [5, 5.41) is 0. The van der Waals surface area contributed by atoms with E-state index in [1.165, 1.54) is 0 Å². The number of sulfonamides is 1. The Bertz CT molecular complexity index is 753. The molecule has 6 nitrogen and oxygen atoms in total. The van der Waals surface area contributed by atoms with E-state index in [1.54, 1.807) is 18.2 Å². The highest BCUT2D eigenvalue weighted by molar-refractivity contribution is 7.89. The predicted octanol–water partition coefficient (Wildman–Crippen LogP) is 2.00. The van der Waals surface area contributed by atoms with E-state index in [1.807, 2.05) is 18.7 Å². The summed E-state index contributed by atoms with van der Waals surface area (Å²) in [5.41, 5.74) is 1.98. The number of hydrogen-bond donors (Lipinski definition) is 1. The highest BCUT2D eigenvalue weighted by atomic mass is 32.2. The van der Waals surface area contributed by atoms with Crippen molar-refractivity contribution in [1.29, 1.82) is 0 Å². The third kappa shape index (κ3) is 4.84. The molecular formula is C19H28N2O4S. The molecule has 1 aromatic carbocycles. The van der Waals surface area contributed by atoms with Gasteiger partial charge >= 0.3 is 0 Å². The van der Waals surface area contributed by atoms with Gasteiger partial charge in [-0.05, 0) is 56.4 Å². The van der Waals surface area contributed by atoms with Crippen LogP contribution in [0.5, 0.6) is 0 Å². The van der Waals surface area contributed by atoms with E-state index in [0.29, 0.717) is 12.0 Å². The predicted molar refractivity (Wildman–Crippen MR) is 99.4 cm³/mol. The summed E-state index contributed by atoms with van der Waals surface area (Å²) in [6.45, 7) is 6.17. The number of benzene rings is 1. The summed E-state index contributed by atoms with van der Waals surface area (Å²) in [7, 11) is -3.59. The van der Waals surface area contributed by atoms with Gasteiger partial charge in [-0.1, -0.05) is 6.07 Å². The Morgan fingerprint density at radius 1 is 1.23 bits per heavy atom. The second-order valence-electron chi connectivity index (χ2n) is 7.40. The van der Waals surface area contributed by atoms with Crippen molar-refractivity contribution >= 4 is 15.9 Å². The number of ether oxygens (including phenoxy) is 1. The summed E-state index contributed by atoms with van der Waals surface area (Å²) < 4.78 is 32.8. The normalized spacial score (nSPS) is 20.3. The van der Waals surface area contributed by atoms with Gasteiger partial charge in [0.15, 0.2) is 0 Å². The van der Waals surface area contributed by atoms with E-state index in [9.17, 15) is 13.2 Å². The van der Waals surface area contributed by atoms with Crippen LogP contribution in [0.3, 0.4) is 0 Å². The largest absolute Gasteiger partial charge is 0.381 e. The average molecular weight is 381 g/mol. The molecule has 1 saturated heterocycles. The fourth-order valence-electron chi connectivity index (χ4n) is 3.25. The Morgan fingerprint density at radius 3 is 2.62 bits per heavy atom. The van der Waals surface area contributed by atoms with E-state index in [0.717, 1.165) is 50.1 Å². The van der Waals surface area contributed by atoms with E-state index < -0.39 is 10.0 Å². The van der Waals surface area contributed by atoms with Crippen molar-refractivity contribution in [2.75, 3.05) is 26.3 Å². The number of rotatable bonds is 8. The Morgan fingerprint density at radius 2 is 2.00 bits per heavy atom. The van der Waals surface area contributed by atoms with E-state index in [-0.39, 0.29) is 23.8 Å². The summed E-state index contributed by atoms with van der Waals surface area (Å²) in [5.74, 6) is 0.439. The lowest BCUT2D eigenvalue weighted by Crippen LogP contribution is -2.39. The molecule has 1 aliphatic carbocycles. The maximum Gasteiger partial charge on any atom is 0.240 e. The smallest absolute Gasteiger partial charge is 0.240 e. The Balaban J connectivity index is 1.53. The first-order chi connectivity index (χ1) is 12.4. The van der Waals surface area contributed by atoms with Crippen LogP contribution in [0, 0.1) is 19.8 Å². The molecule has 1 saturated carbocycles. The first-order valence-corrected chi connectivity index (χ1v) is 10.8. The van der Waals surface area contributed by atoms with Gasteiger partial charge in [0.2, 0.25) is 15.9 Å². The van der Waals surface area contributed by atoms with Gasteiger partial charge < -0.3 is 9.64 Å². The van der Waals surface area contributed by atoms with Crippen LogP contribution in [0.15, 0.2) is 23.1 Å². The minimum atomic E-state index is -3.59. The van der Waals surface area contributed by atoms with Gasteiger partial charge in [-0.25, -0.2) is 13.1 Å². The van der Waals surface area contributed by atoms with Crippen LogP contribution < -0.4 is 4.72 Å². The van der Waals surface area contributed by atoms with E-state index >= 15 is 0 Å². The number of aryl methyl sites for hydroxylation is 2. The van der Waals surface area contributed by atoms with Crippen molar-refractivity contribution in [3.8, 4) is 0 Å². The average Bonchev–Trinajstić information content (AvgIpc) is 3.30. The number of carbonyl (C=O) groups is 1. The fraction of sp³-hybridized carbons (Fsp3) is 0.632. The van der Waals surface area contributed by atoms with Gasteiger partial charge in [-0.15, -0.1) is 0 Å². The monoisotopic (exact) mass is 380 g/mol. The van der Waals surface area contributed by atoms with Crippen LogP contribution in [-0.4, -0.2) is 51.6 Å². The summed E-state index contributed by atoms with van der Waals surface area (Å²) in [6, 6.07) is 5.40. The lowest BCUT2D eigenvalue weighted by molar-refractivity contribution is -0.132. The standard InChI is InChI=1S/C19H28N2O4S/c1-14-3-6-18(11-15(14)2)26(23,24)20-9-7-19(22)21(17-4-5-17)12-16-8-10-25-13-16/h3,6,11,16-17,20H,4-5,7-10,12-13H2,1-2H3. The molecule has 0 bridgehead atoms.